The van der Waals surface area contributed by atoms with Crippen LogP contribution in [0.15, 0.2) is 12.1 Å². The molecule has 0 radical (unpaired) electrons. The molecular weight excluding hydrogens is 333 g/mol. The first-order valence-corrected chi connectivity index (χ1v) is 9.49. The molecule has 1 N–H and O–H groups in total. The minimum atomic E-state index is -0.510. The molecule has 1 aliphatic heterocycles. The average Bonchev–Trinajstić information content (AvgIpc) is 2.61. The third kappa shape index (κ3) is 7.06. The highest BCUT2D eigenvalue weighted by atomic mass is 19.1. The number of rotatable bonds is 4. The number of carbonyl (C=O) groups is 3. The van der Waals surface area contributed by atoms with Crippen LogP contribution in [-0.4, -0.2) is 17.6 Å². The Morgan fingerprint density at radius 2 is 1.77 bits per heavy atom. The molecule has 146 valence electrons. The summed E-state index contributed by atoms with van der Waals surface area (Å²) < 4.78 is 13.7. The number of aryl methyl sites for hydroxylation is 2. The normalized spacial score (nSPS) is 15.9. The lowest BCUT2D eigenvalue weighted by atomic mass is 9.88. The fourth-order valence-corrected chi connectivity index (χ4v) is 2.56. The van der Waals surface area contributed by atoms with Gasteiger partial charge in [-0.1, -0.05) is 47.1 Å². The van der Waals surface area contributed by atoms with Crippen molar-refractivity contribution in [2.45, 2.75) is 73.6 Å². The van der Waals surface area contributed by atoms with Crippen LogP contribution in [0.2, 0.25) is 0 Å². The zero-order valence-corrected chi connectivity index (χ0v) is 16.9. The highest BCUT2D eigenvalue weighted by Gasteiger charge is 2.29. The number of Topliss-reactive ketones (excluding diaryl/α,β-unsaturated/α-hetero) is 1. The Kier molecular flexibility index (Phi) is 11.4. The molecule has 1 aliphatic rings. The topological polar surface area (TPSA) is 63.2 Å². The average molecular weight is 365 g/mol. The van der Waals surface area contributed by atoms with E-state index in [1.54, 1.807) is 13.0 Å². The van der Waals surface area contributed by atoms with Gasteiger partial charge in [0.2, 0.25) is 11.8 Å². The van der Waals surface area contributed by atoms with Crippen LogP contribution in [0.1, 0.15) is 81.8 Å². The summed E-state index contributed by atoms with van der Waals surface area (Å²) in [5.41, 5.74) is 1.63. The molecule has 0 aliphatic carbocycles. The van der Waals surface area contributed by atoms with Crippen molar-refractivity contribution >= 4 is 17.6 Å². The minimum absolute atomic E-state index is 0.00855. The van der Waals surface area contributed by atoms with E-state index in [9.17, 15) is 18.8 Å². The second-order valence-electron chi connectivity index (χ2n) is 6.09. The number of halogens is 1. The van der Waals surface area contributed by atoms with Crippen LogP contribution in [0.4, 0.5) is 4.39 Å². The summed E-state index contributed by atoms with van der Waals surface area (Å²) in [6.45, 7) is 11.8. The summed E-state index contributed by atoms with van der Waals surface area (Å²) >= 11 is 0. The number of hydrogen-bond donors (Lipinski definition) is 1. The smallest absolute Gasteiger partial charge is 0.230 e. The summed E-state index contributed by atoms with van der Waals surface area (Å²) in [4.78, 5) is 35.1. The standard InChI is InChI=1S/C16H18FNO3.C3H8.C2H6/c1-3-10-6-9(2)13(17)8-12(10)14(19)7-11-4-5-15(20)18-16(11)21;1-3-2;1-2/h6,8,11H,3-5,7H2,1-2H3,(H,18,20,21);3H2,1-2H3;1-2H3. The lowest BCUT2D eigenvalue weighted by molar-refractivity contribution is -0.136. The zero-order chi connectivity index (χ0) is 20.3. The monoisotopic (exact) mass is 365 g/mol. The second-order valence-corrected chi connectivity index (χ2v) is 6.09. The minimum Gasteiger partial charge on any atom is -0.296 e. The Balaban J connectivity index is 0.00000113. The molecule has 1 aromatic carbocycles. The van der Waals surface area contributed by atoms with Crippen LogP contribution < -0.4 is 5.32 Å². The maximum absolute atomic E-state index is 13.7. The Labute approximate surface area is 156 Å². The van der Waals surface area contributed by atoms with Gasteiger partial charge in [-0.05, 0) is 37.0 Å². The van der Waals surface area contributed by atoms with Crippen LogP contribution in [0.3, 0.4) is 0 Å². The number of ketones is 1. The van der Waals surface area contributed by atoms with Crippen molar-refractivity contribution in [3.63, 3.8) is 0 Å². The number of nitrogens with one attached hydrogen (secondary N) is 1. The van der Waals surface area contributed by atoms with E-state index in [4.69, 9.17) is 0 Å². The van der Waals surface area contributed by atoms with Gasteiger partial charge in [0, 0.05) is 24.3 Å². The number of benzene rings is 1. The lowest BCUT2D eigenvalue weighted by Crippen LogP contribution is -2.41. The van der Waals surface area contributed by atoms with Crippen molar-refractivity contribution in [2.75, 3.05) is 0 Å². The molecule has 1 unspecified atom stereocenters. The predicted molar refractivity (Wildman–Crippen MR) is 103 cm³/mol. The first-order valence-electron chi connectivity index (χ1n) is 9.49. The largest absolute Gasteiger partial charge is 0.296 e. The molecular formula is C21H32FNO3. The van der Waals surface area contributed by atoms with Crippen molar-refractivity contribution in [3.05, 3.63) is 34.6 Å². The summed E-state index contributed by atoms with van der Waals surface area (Å²) in [5.74, 6) is -1.90. The van der Waals surface area contributed by atoms with Gasteiger partial charge in [-0.2, -0.15) is 0 Å². The van der Waals surface area contributed by atoms with E-state index < -0.39 is 17.6 Å². The number of imide groups is 1. The van der Waals surface area contributed by atoms with Crippen LogP contribution in [0.5, 0.6) is 0 Å². The second kappa shape index (κ2) is 12.3. The zero-order valence-electron chi connectivity index (χ0n) is 16.9. The molecule has 2 rings (SSSR count). The molecule has 1 atom stereocenters. The summed E-state index contributed by atoms with van der Waals surface area (Å²) in [7, 11) is 0. The van der Waals surface area contributed by atoms with Crippen molar-refractivity contribution in [2.24, 2.45) is 5.92 Å². The number of carbonyl (C=O) groups excluding carboxylic acids is 3. The van der Waals surface area contributed by atoms with Gasteiger partial charge in [0.25, 0.3) is 0 Å². The quantitative estimate of drug-likeness (QED) is 0.618. The number of hydrogen-bond acceptors (Lipinski definition) is 3. The van der Waals surface area contributed by atoms with E-state index in [1.165, 1.54) is 12.5 Å². The fraction of sp³-hybridized carbons (Fsp3) is 0.571. The maximum Gasteiger partial charge on any atom is 0.230 e. The van der Waals surface area contributed by atoms with Crippen molar-refractivity contribution in [1.29, 1.82) is 0 Å². The molecule has 26 heavy (non-hydrogen) atoms. The van der Waals surface area contributed by atoms with Gasteiger partial charge in [-0.25, -0.2) is 4.39 Å². The van der Waals surface area contributed by atoms with Gasteiger partial charge in [0.15, 0.2) is 5.78 Å². The fourth-order valence-electron chi connectivity index (χ4n) is 2.56. The van der Waals surface area contributed by atoms with Gasteiger partial charge >= 0.3 is 0 Å². The van der Waals surface area contributed by atoms with Gasteiger partial charge in [-0.3, -0.25) is 19.7 Å². The van der Waals surface area contributed by atoms with Gasteiger partial charge in [0.05, 0.1) is 0 Å². The summed E-state index contributed by atoms with van der Waals surface area (Å²) in [6, 6.07) is 2.93. The van der Waals surface area contributed by atoms with E-state index in [2.05, 4.69) is 19.2 Å². The van der Waals surface area contributed by atoms with Crippen LogP contribution in [0.25, 0.3) is 0 Å². The highest BCUT2D eigenvalue weighted by Crippen LogP contribution is 2.23. The molecule has 2 amide bonds. The first-order chi connectivity index (χ1) is 12.3. The SMILES string of the molecule is CC.CCC.CCc1cc(C)c(F)cc1C(=O)CC1CCC(=O)NC1=O. The molecule has 0 aromatic heterocycles. The van der Waals surface area contributed by atoms with Crippen molar-refractivity contribution in [1.82, 2.24) is 5.32 Å². The molecule has 0 bridgehead atoms. The van der Waals surface area contributed by atoms with Gasteiger partial charge in [-0.15, -0.1) is 0 Å². The maximum atomic E-state index is 13.7. The third-order valence-electron chi connectivity index (χ3n) is 3.85. The van der Waals surface area contributed by atoms with Crippen molar-refractivity contribution in [3.8, 4) is 0 Å². The Morgan fingerprint density at radius 3 is 2.27 bits per heavy atom. The summed E-state index contributed by atoms with van der Waals surface area (Å²) in [5, 5.41) is 2.23. The molecule has 1 heterocycles. The Morgan fingerprint density at radius 1 is 1.19 bits per heavy atom. The van der Waals surface area contributed by atoms with Crippen molar-refractivity contribution < 1.29 is 18.8 Å². The van der Waals surface area contributed by atoms with Crippen LogP contribution >= 0.6 is 0 Å². The van der Waals surface area contributed by atoms with Crippen LogP contribution in [-0.2, 0) is 16.0 Å². The molecule has 4 nitrogen and oxygen atoms in total. The number of piperidine rings is 1. The molecule has 0 saturated carbocycles. The molecule has 5 heteroatoms. The van der Waals surface area contributed by atoms with E-state index in [0.717, 1.165) is 5.56 Å². The van der Waals surface area contributed by atoms with Gasteiger partial charge in [0.1, 0.15) is 5.82 Å². The van der Waals surface area contributed by atoms with E-state index in [-0.39, 0.29) is 24.5 Å². The first kappa shape index (κ1) is 24.0. The molecule has 1 fully saturated rings. The van der Waals surface area contributed by atoms with Crippen LogP contribution in [0, 0.1) is 18.7 Å². The predicted octanol–water partition coefficient (Wildman–Crippen LogP) is 4.76. The van der Waals surface area contributed by atoms with E-state index in [1.807, 2.05) is 20.8 Å². The third-order valence-corrected chi connectivity index (χ3v) is 3.85. The highest BCUT2D eigenvalue weighted by molar-refractivity contribution is 6.03. The summed E-state index contributed by atoms with van der Waals surface area (Å²) in [6.07, 6.45) is 2.49. The Hall–Kier alpha value is -2.04. The van der Waals surface area contributed by atoms with E-state index in [0.29, 0.717) is 24.0 Å². The van der Waals surface area contributed by atoms with E-state index >= 15 is 0 Å². The molecule has 1 saturated heterocycles. The molecule has 0 spiro atoms. The van der Waals surface area contributed by atoms with Gasteiger partial charge < -0.3 is 0 Å². The number of amides is 2. The Bertz CT molecular complexity index is 626. The lowest BCUT2D eigenvalue weighted by Gasteiger charge is -2.20. The molecule has 1 aromatic rings.